The number of hydrogen-bond donors (Lipinski definition) is 1. The van der Waals surface area contributed by atoms with Gasteiger partial charge in [0.2, 0.25) is 0 Å². The maximum absolute atomic E-state index is 6.27. The molecule has 2 aromatic carbocycles. The molecule has 2 atom stereocenters. The number of halogens is 1. The minimum Gasteiger partial charge on any atom is -0.369 e. The smallest absolute Gasteiger partial charge is 0.108 e. The SMILES string of the molecule is Clc1ccc(C(OCCC2CCCCN2)c2ccccc2)cc1. The first-order valence-corrected chi connectivity index (χ1v) is 8.86. The number of benzene rings is 2. The third-order valence-corrected chi connectivity index (χ3v) is 4.69. The third-order valence-electron chi connectivity index (χ3n) is 4.44. The van der Waals surface area contributed by atoms with Crippen LogP contribution >= 0.6 is 11.6 Å². The predicted molar refractivity (Wildman–Crippen MR) is 95.9 cm³/mol. The molecule has 122 valence electrons. The minimum absolute atomic E-state index is 0.0305. The van der Waals surface area contributed by atoms with Gasteiger partial charge in [-0.3, -0.25) is 0 Å². The highest BCUT2D eigenvalue weighted by Gasteiger charge is 2.17. The first-order valence-electron chi connectivity index (χ1n) is 8.48. The zero-order valence-corrected chi connectivity index (χ0v) is 14.1. The average molecular weight is 330 g/mol. The van der Waals surface area contributed by atoms with Gasteiger partial charge in [0.25, 0.3) is 0 Å². The van der Waals surface area contributed by atoms with Crippen molar-refractivity contribution >= 4 is 11.6 Å². The van der Waals surface area contributed by atoms with Crippen molar-refractivity contribution in [2.45, 2.75) is 37.8 Å². The quantitative estimate of drug-likeness (QED) is 0.807. The zero-order chi connectivity index (χ0) is 15.9. The van der Waals surface area contributed by atoms with Crippen molar-refractivity contribution in [3.63, 3.8) is 0 Å². The van der Waals surface area contributed by atoms with Gasteiger partial charge in [0.1, 0.15) is 6.10 Å². The van der Waals surface area contributed by atoms with Crippen molar-refractivity contribution in [1.82, 2.24) is 5.32 Å². The number of hydrogen-bond acceptors (Lipinski definition) is 2. The summed E-state index contributed by atoms with van der Waals surface area (Å²) < 4.78 is 6.27. The Balaban J connectivity index is 1.66. The molecule has 1 heterocycles. The standard InChI is InChI=1S/C20H24ClNO/c21-18-11-9-17(10-12-18)20(16-6-2-1-3-7-16)23-15-13-19-8-4-5-14-22-19/h1-3,6-7,9-12,19-20,22H,4-5,8,13-15H2. The summed E-state index contributed by atoms with van der Waals surface area (Å²) in [6, 6.07) is 19.0. The minimum atomic E-state index is -0.0305. The van der Waals surface area contributed by atoms with Crippen LogP contribution in [0.15, 0.2) is 54.6 Å². The van der Waals surface area contributed by atoms with Gasteiger partial charge in [0.15, 0.2) is 0 Å². The Labute approximate surface area is 143 Å². The van der Waals surface area contributed by atoms with E-state index in [-0.39, 0.29) is 6.10 Å². The summed E-state index contributed by atoms with van der Waals surface area (Å²) in [7, 11) is 0. The Hall–Kier alpha value is -1.35. The van der Waals surface area contributed by atoms with E-state index in [1.54, 1.807) is 0 Å². The highest BCUT2D eigenvalue weighted by atomic mass is 35.5. The fourth-order valence-corrected chi connectivity index (χ4v) is 3.27. The maximum Gasteiger partial charge on any atom is 0.108 e. The molecule has 0 radical (unpaired) electrons. The van der Waals surface area contributed by atoms with Crippen molar-refractivity contribution in [1.29, 1.82) is 0 Å². The van der Waals surface area contributed by atoms with Gasteiger partial charge < -0.3 is 10.1 Å². The molecule has 0 amide bonds. The molecular formula is C20H24ClNO. The highest BCUT2D eigenvalue weighted by Crippen LogP contribution is 2.27. The summed E-state index contributed by atoms with van der Waals surface area (Å²) in [6.07, 6.45) is 4.93. The lowest BCUT2D eigenvalue weighted by Crippen LogP contribution is -2.34. The molecule has 1 aliphatic rings. The van der Waals surface area contributed by atoms with Crippen LogP contribution in [0.2, 0.25) is 5.02 Å². The molecular weight excluding hydrogens is 306 g/mol. The molecule has 3 heteroatoms. The molecule has 0 saturated carbocycles. The van der Waals surface area contributed by atoms with E-state index in [0.717, 1.165) is 30.2 Å². The van der Waals surface area contributed by atoms with Crippen LogP contribution < -0.4 is 5.32 Å². The summed E-state index contributed by atoms with van der Waals surface area (Å²) in [6.45, 7) is 1.91. The molecule has 2 aromatic rings. The van der Waals surface area contributed by atoms with Crippen LogP contribution in [0.25, 0.3) is 0 Å². The Kier molecular flexibility index (Phi) is 6.09. The Morgan fingerprint density at radius 2 is 1.74 bits per heavy atom. The molecule has 23 heavy (non-hydrogen) atoms. The van der Waals surface area contributed by atoms with Crippen molar-refractivity contribution in [3.05, 3.63) is 70.7 Å². The Morgan fingerprint density at radius 3 is 2.43 bits per heavy atom. The van der Waals surface area contributed by atoms with Crippen LogP contribution in [0.3, 0.4) is 0 Å². The summed E-state index contributed by atoms with van der Waals surface area (Å²) in [5, 5.41) is 4.34. The summed E-state index contributed by atoms with van der Waals surface area (Å²) in [4.78, 5) is 0. The van der Waals surface area contributed by atoms with Crippen LogP contribution in [-0.4, -0.2) is 19.2 Å². The predicted octanol–water partition coefficient (Wildman–Crippen LogP) is 4.98. The van der Waals surface area contributed by atoms with Crippen LogP contribution in [0.5, 0.6) is 0 Å². The van der Waals surface area contributed by atoms with Crippen molar-refractivity contribution in [3.8, 4) is 0 Å². The molecule has 0 spiro atoms. The van der Waals surface area contributed by atoms with Gasteiger partial charge in [-0.25, -0.2) is 0 Å². The lowest BCUT2D eigenvalue weighted by atomic mass is 10.0. The van der Waals surface area contributed by atoms with E-state index in [2.05, 4.69) is 41.7 Å². The summed E-state index contributed by atoms with van der Waals surface area (Å²) >= 11 is 6.02. The van der Waals surface area contributed by atoms with E-state index in [0.29, 0.717) is 6.04 Å². The van der Waals surface area contributed by atoms with E-state index < -0.39 is 0 Å². The number of ether oxygens (including phenoxy) is 1. The lowest BCUT2D eigenvalue weighted by molar-refractivity contribution is 0.0707. The molecule has 0 aromatic heterocycles. The van der Waals surface area contributed by atoms with Crippen molar-refractivity contribution < 1.29 is 4.74 Å². The van der Waals surface area contributed by atoms with Crippen molar-refractivity contribution in [2.24, 2.45) is 0 Å². The summed E-state index contributed by atoms with van der Waals surface area (Å²) in [5.74, 6) is 0. The number of piperidine rings is 1. The van der Waals surface area contributed by atoms with Gasteiger partial charge in [-0.15, -0.1) is 0 Å². The fraction of sp³-hybridized carbons (Fsp3) is 0.400. The second-order valence-corrected chi connectivity index (χ2v) is 6.59. The van der Waals surface area contributed by atoms with Gasteiger partial charge >= 0.3 is 0 Å². The van der Waals surface area contributed by atoms with Gasteiger partial charge in [-0.1, -0.05) is 60.5 Å². The number of nitrogens with one attached hydrogen (secondary N) is 1. The van der Waals surface area contributed by atoms with Gasteiger partial charge in [0, 0.05) is 17.7 Å². The van der Waals surface area contributed by atoms with E-state index in [1.165, 1.54) is 24.8 Å². The monoisotopic (exact) mass is 329 g/mol. The molecule has 2 unspecified atom stereocenters. The normalized spacial score (nSPS) is 19.4. The second-order valence-electron chi connectivity index (χ2n) is 6.15. The van der Waals surface area contributed by atoms with Gasteiger partial charge in [-0.05, 0) is 49.1 Å². The first-order chi connectivity index (χ1) is 11.3. The van der Waals surface area contributed by atoms with E-state index in [9.17, 15) is 0 Å². The lowest BCUT2D eigenvalue weighted by Gasteiger charge is -2.25. The molecule has 1 saturated heterocycles. The van der Waals surface area contributed by atoms with Crippen LogP contribution in [0, 0.1) is 0 Å². The van der Waals surface area contributed by atoms with E-state index in [4.69, 9.17) is 16.3 Å². The van der Waals surface area contributed by atoms with E-state index >= 15 is 0 Å². The Morgan fingerprint density at radius 1 is 1.00 bits per heavy atom. The topological polar surface area (TPSA) is 21.3 Å². The average Bonchev–Trinajstić information content (AvgIpc) is 2.61. The van der Waals surface area contributed by atoms with Gasteiger partial charge in [-0.2, -0.15) is 0 Å². The van der Waals surface area contributed by atoms with Gasteiger partial charge in [0.05, 0.1) is 0 Å². The molecule has 2 nitrogen and oxygen atoms in total. The highest BCUT2D eigenvalue weighted by molar-refractivity contribution is 6.30. The van der Waals surface area contributed by atoms with Crippen LogP contribution in [-0.2, 0) is 4.74 Å². The fourth-order valence-electron chi connectivity index (χ4n) is 3.15. The van der Waals surface area contributed by atoms with E-state index in [1.807, 2.05) is 18.2 Å². The molecule has 1 aliphatic heterocycles. The zero-order valence-electron chi connectivity index (χ0n) is 13.4. The van der Waals surface area contributed by atoms with Crippen LogP contribution in [0.4, 0.5) is 0 Å². The number of rotatable bonds is 6. The van der Waals surface area contributed by atoms with Crippen molar-refractivity contribution in [2.75, 3.05) is 13.2 Å². The molecule has 1 fully saturated rings. The largest absolute Gasteiger partial charge is 0.369 e. The first kappa shape index (κ1) is 16.5. The Bertz CT molecular complexity index is 578. The third kappa shape index (κ3) is 4.81. The maximum atomic E-state index is 6.27. The molecule has 1 N–H and O–H groups in total. The molecule has 0 aliphatic carbocycles. The molecule has 0 bridgehead atoms. The second kappa shape index (κ2) is 8.49. The molecule has 3 rings (SSSR count). The summed E-state index contributed by atoms with van der Waals surface area (Å²) in [5.41, 5.74) is 2.34. The van der Waals surface area contributed by atoms with Crippen LogP contribution in [0.1, 0.15) is 42.9 Å².